The largest absolute Gasteiger partial charge is 0.375 e. The van der Waals surface area contributed by atoms with Crippen LogP contribution in [0.2, 0.25) is 0 Å². The van der Waals surface area contributed by atoms with Crippen LogP contribution in [0.5, 0.6) is 0 Å². The van der Waals surface area contributed by atoms with Crippen LogP contribution in [-0.4, -0.2) is 22.8 Å². The highest BCUT2D eigenvalue weighted by atomic mass is 127. The molecule has 0 fully saturated rings. The van der Waals surface area contributed by atoms with Crippen molar-refractivity contribution in [2.75, 3.05) is 6.61 Å². The third-order valence-corrected chi connectivity index (χ3v) is 2.89. The predicted molar refractivity (Wildman–Crippen MR) is 65.5 cm³/mol. The molecular weight excluding hydrogens is 329 g/mol. The number of alkyl halides is 2. The van der Waals surface area contributed by atoms with Gasteiger partial charge < -0.3 is 4.74 Å². The van der Waals surface area contributed by atoms with Gasteiger partial charge in [-0.2, -0.15) is 5.10 Å². The molecule has 16 heavy (non-hydrogen) atoms. The van der Waals surface area contributed by atoms with Crippen molar-refractivity contribution in [2.45, 2.75) is 39.3 Å². The summed E-state index contributed by atoms with van der Waals surface area (Å²) >= 11 is 2.08. The lowest BCUT2D eigenvalue weighted by molar-refractivity contribution is 0.110. The van der Waals surface area contributed by atoms with Gasteiger partial charge in [-0.25, -0.2) is 8.78 Å². The molecule has 0 N–H and O–H groups in total. The molecule has 92 valence electrons. The molecule has 1 heterocycles. The van der Waals surface area contributed by atoms with Crippen LogP contribution in [0.4, 0.5) is 8.78 Å². The van der Waals surface area contributed by atoms with Crippen molar-refractivity contribution in [2.24, 2.45) is 0 Å². The van der Waals surface area contributed by atoms with Crippen LogP contribution in [0, 0.1) is 3.57 Å². The van der Waals surface area contributed by atoms with Gasteiger partial charge in [-0.15, -0.1) is 0 Å². The third kappa shape index (κ3) is 4.73. The van der Waals surface area contributed by atoms with E-state index in [1.54, 1.807) is 6.20 Å². The Bertz CT molecular complexity index is 318. The van der Waals surface area contributed by atoms with E-state index < -0.39 is 6.43 Å². The smallest absolute Gasteiger partial charge is 0.257 e. The van der Waals surface area contributed by atoms with Gasteiger partial charge in [0, 0.05) is 12.8 Å². The van der Waals surface area contributed by atoms with Crippen LogP contribution < -0.4 is 0 Å². The summed E-state index contributed by atoms with van der Waals surface area (Å²) in [6, 6.07) is 0. The molecule has 0 atom stereocenters. The number of halogens is 3. The second-order valence-electron chi connectivity index (χ2n) is 3.44. The first-order chi connectivity index (χ1) is 7.63. The molecular formula is C10H15F2IN2O. The summed E-state index contributed by atoms with van der Waals surface area (Å²) in [5.41, 5.74) is 0.734. The van der Waals surface area contributed by atoms with Crippen molar-refractivity contribution in [3.8, 4) is 0 Å². The van der Waals surface area contributed by atoms with Crippen molar-refractivity contribution in [1.29, 1.82) is 0 Å². The maximum absolute atomic E-state index is 12.1. The van der Waals surface area contributed by atoms with Gasteiger partial charge in [-0.05, 0) is 29.0 Å². The Morgan fingerprint density at radius 1 is 1.56 bits per heavy atom. The van der Waals surface area contributed by atoms with Crippen LogP contribution in [0.3, 0.4) is 0 Å². The molecule has 0 aliphatic carbocycles. The van der Waals surface area contributed by atoms with Gasteiger partial charge in [0.1, 0.15) is 12.2 Å². The lowest BCUT2D eigenvalue weighted by atomic mass is 10.4. The third-order valence-electron chi connectivity index (χ3n) is 1.99. The molecule has 0 aliphatic heterocycles. The molecule has 6 heteroatoms. The molecule has 0 aliphatic rings. The van der Waals surface area contributed by atoms with Gasteiger partial charge in [-0.1, -0.05) is 13.3 Å². The number of nitrogens with zero attached hydrogens (tertiary/aromatic N) is 2. The van der Waals surface area contributed by atoms with Crippen molar-refractivity contribution >= 4 is 22.6 Å². The highest BCUT2D eigenvalue weighted by molar-refractivity contribution is 14.1. The molecule has 0 spiro atoms. The van der Waals surface area contributed by atoms with E-state index in [4.69, 9.17) is 4.74 Å². The monoisotopic (exact) mass is 344 g/mol. The molecule has 0 bridgehead atoms. The predicted octanol–water partition coefficient (Wildman–Crippen LogP) is 3.07. The summed E-state index contributed by atoms with van der Waals surface area (Å²) in [5, 5.41) is 4.05. The fourth-order valence-corrected chi connectivity index (χ4v) is 1.77. The van der Waals surface area contributed by atoms with Crippen LogP contribution >= 0.6 is 22.6 Å². The fourth-order valence-electron chi connectivity index (χ4n) is 1.19. The van der Waals surface area contributed by atoms with Gasteiger partial charge in [0.25, 0.3) is 6.43 Å². The van der Waals surface area contributed by atoms with Gasteiger partial charge in [-0.3, -0.25) is 4.68 Å². The van der Waals surface area contributed by atoms with Gasteiger partial charge >= 0.3 is 0 Å². The van der Waals surface area contributed by atoms with Crippen molar-refractivity contribution in [3.63, 3.8) is 0 Å². The number of hydrogen-bond acceptors (Lipinski definition) is 2. The Labute approximate surface area is 107 Å². The lowest BCUT2D eigenvalue weighted by Gasteiger charge is -2.01. The Kier molecular flexibility index (Phi) is 6.18. The number of aromatic nitrogens is 2. The Morgan fingerprint density at radius 3 is 2.94 bits per heavy atom. The van der Waals surface area contributed by atoms with E-state index in [1.165, 1.54) is 4.68 Å². The van der Waals surface area contributed by atoms with Crippen molar-refractivity contribution < 1.29 is 13.5 Å². The van der Waals surface area contributed by atoms with E-state index in [-0.39, 0.29) is 6.54 Å². The maximum Gasteiger partial charge on any atom is 0.257 e. The first-order valence-corrected chi connectivity index (χ1v) is 6.29. The first-order valence-electron chi connectivity index (χ1n) is 5.21. The van der Waals surface area contributed by atoms with E-state index in [0.717, 1.165) is 22.1 Å². The molecule has 0 aromatic carbocycles. The van der Waals surface area contributed by atoms with E-state index in [2.05, 4.69) is 34.6 Å². The van der Waals surface area contributed by atoms with E-state index in [9.17, 15) is 8.78 Å². The molecule has 0 unspecified atom stereocenters. The number of rotatable bonds is 7. The molecule has 1 aromatic heterocycles. The number of hydrogen-bond donors (Lipinski definition) is 0. The molecule has 1 rings (SSSR count). The van der Waals surface area contributed by atoms with Crippen LogP contribution in [0.25, 0.3) is 0 Å². The van der Waals surface area contributed by atoms with Crippen molar-refractivity contribution in [1.82, 2.24) is 9.78 Å². The lowest BCUT2D eigenvalue weighted by Crippen LogP contribution is -2.07. The standard InChI is InChI=1S/C10H15F2IN2O/c1-2-3-4-16-7-9-8(13)5-15(14-9)6-10(11)12/h5,10H,2-4,6-7H2,1H3. The Morgan fingerprint density at radius 2 is 2.31 bits per heavy atom. The zero-order valence-electron chi connectivity index (χ0n) is 9.13. The summed E-state index contributed by atoms with van der Waals surface area (Å²) < 4.78 is 31.8. The minimum Gasteiger partial charge on any atom is -0.375 e. The highest BCUT2D eigenvalue weighted by Crippen LogP contribution is 2.12. The molecule has 0 saturated heterocycles. The zero-order valence-corrected chi connectivity index (χ0v) is 11.3. The fraction of sp³-hybridized carbons (Fsp3) is 0.700. The van der Waals surface area contributed by atoms with Gasteiger partial charge in [0.05, 0.1) is 10.2 Å². The number of ether oxygens (including phenoxy) is 1. The second kappa shape index (κ2) is 7.16. The quantitative estimate of drug-likeness (QED) is 0.562. The minimum atomic E-state index is -2.37. The SMILES string of the molecule is CCCCOCc1nn(CC(F)F)cc1I. The molecule has 0 saturated carbocycles. The summed E-state index contributed by atoms with van der Waals surface area (Å²) in [5.74, 6) is 0. The zero-order chi connectivity index (χ0) is 12.0. The van der Waals surface area contributed by atoms with Gasteiger partial charge in [0.15, 0.2) is 0 Å². The molecule has 0 amide bonds. The molecule has 1 aromatic rings. The maximum atomic E-state index is 12.1. The number of unbranched alkanes of at least 4 members (excludes halogenated alkanes) is 1. The topological polar surface area (TPSA) is 27.1 Å². The van der Waals surface area contributed by atoms with Crippen LogP contribution in [0.15, 0.2) is 6.20 Å². The van der Waals surface area contributed by atoms with Gasteiger partial charge in [0.2, 0.25) is 0 Å². The van der Waals surface area contributed by atoms with Crippen molar-refractivity contribution in [3.05, 3.63) is 15.5 Å². The van der Waals surface area contributed by atoms with Crippen LogP contribution in [0.1, 0.15) is 25.5 Å². The normalized spacial score (nSPS) is 11.3. The second-order valence-corrected chi connectivity index (χ2v) is 4.61. The van der Waals surface area contributed by atoms with E-state index >= 15 is 0 Å². The Hall–Kier alpha value is -0.240. The minimum absolute atomic E-state index is 0.356. The molecule has 3 nitrogen and oxygen atoms in total. The summed E-state index contributed by atoms with van der Waals surface area (Å²) in [4.78, 5) is 0. The highest BCUT2D eigenvalue weighted by Gasteiger charge is 2.10. The molecule has 0 radical (unpaired) electrons. The summed E-state index contributed by atoms with van der Waals surface area (Å²) in [7, 11) is 0. The average molecular weight is 344 g/mol. The van der Waals surface area contributed by atoms with Crippen LogP contribution in [-0.2, 0) is 17.9 Å². The first kappa shape index (κ1) is 13.8. The summed E-state index contributed by atoms with van der Waals surface area (Å²) in [6.07, 6.45) is 1.33. The summed E-state index contributed by atoms with van der Waals surface area (Å²) in [6.45, 7) is 2.82. The Balaban J connectivity index is 2.43. The average Bonchev–Trinajstić information content (AvgIpc) is 2.53. The van der Waals surface area contributed by atoms with E-state index in [0.29, 0.717) is 13.2 Å². The van der Waals surface area contributed by atoms with E-state index in [1.807, 2.05) is 0 Å².